The van der Waals surface area contributed by atoms with E-state index in [1.54, 1.807) is 18.2 Å². The van der Waals surface area contributed by atoms with Crippen LogP contribution in [0.3, 0.4) is 0 Å². The van der Waals surface area contributed by atoms with E-state index in [1.165, 1.54) is 37.8 Å². The van der Waals surface area contributed by atoms with E-state index in [0.29, 0.717) is 11.6 Å². The van der Waals surface area contributed by atoms with Gasteiger partial charge in [-0.1, -0.05) is 37.5 Å². The van der Waals surface area contributed by atoms with Crippen LogP contribution in [0.25, 0.3) is 22.9 Å². The molecule has 146 valence electrons. The number of fused-ring (bicyclic) bond motifs is 1. The summed E-state index contributed by atoms with van der Waals surface area (Å²) in [6.45, 7) is 0. The standard InChI is InChI=1S/C22H21F3N2O/c23-22(24,25)16-7-2-1-6-15(16)19-10-11-20(28-19)21-26-17-9-8-14(12-18(17)27-21)13-4-3-5-13/h1-2,6-7,10-11,13-14H,3-5,8-9,12H2,(H,26,27). The maximum Gasteiger partial charge on any atom is 0.417 e. The van der Waals surface area contributed by atoms with E-state index in [9.17, 15) is 13.2 Å². The van der Waals surface area contributed by atoms with Crippen molar-refractivity contribution in [2.45, 2.75) is 44.7 Å². The lowest BCUT2D eigenvalue weighted by Crippen LogP contribution is -2.27. The molecule has 0 radical (unpaired) electrons. The highest BCUT2D eigenvalue weighted by Crippen LogP contribution is 2.41. The number of H-pyrrole nitrogens is 1. The van der Waals surface area contributed by atoms with Crippen molar-refractivity contribution >= 4 is 0 Å². The maximum absolute atomic E-state index is 13.3. The second-order valence-electron chi connectivity index (χ2n) is 7.91. The first kappa shape index (κ1) is 17.6. The number of rotatable bonds is 3. The fourth-order valence-electron chi connectivity index (χ4n) is 4.49. The van der Waals surface area contributed by atoms with Crippen LogP contribution in [0.2, 0.25) is 0 Å². The number of nitrogens with one attached hydrogen (secondary N) is 1. The molecule has 1 saturated carbocycles. The molecule has 0 aliphatic heterocycles. The van der Waals surface area contributed by atoms with E-state index in [4.69, 9.17) is 4.42 Å². The minimum Gasteiger partial charge on any atom is -0.453 e. The Hall–Kier alpha value is -2.50. The number of alkyl halides is 3. The third-order valence-electron chi connectivity index (χ3n) is 6.24. The lowest BCUT2D eigenvalue weighted by Gasteiger charge is -2.35. The Morgan fingerprint density at radius 3 is 2.50 bits per heavy atom. The maximum atomic E-state index is 13.3. The van der Waals surface area contributed by atoms with Gasteiger partial charge in [-0.25, -0.2) is 4.98 Å². The number of aromatic nitrogens is 2. The average molecular weight is 386 g/mol. The van der Waals surface area contributed by atoms with Crippen LogP contribution < -0.4 is 0 Å². The highest BCUT2D eigenvalue weighted by Gasteiger charge is 2.34. The molecule has 2 aliphatic rings. The van der Waals surface area contributed by atoms with Crippen LogP contribution in [0.15, 0.2) is 40.8 Å². The van der Waals surface area contributed by atoms with Gasteiger partial charge < -0.3 is 9.40 Å². The molecular formula is C22H21F3N2O. The minimum atomic E-state index is -4.43. The van der Waals surface area contributed by atoms with Gasteiger partial charge in [0.25, 0.3) is 0 Å². The van der Waals surface area contributed by atoms with Gasteiger partial charge in [-0.2, -0.15) is 13.2 Å². The Labute approximate surface area is 161 Å². The van der Waals surface area contributed by atoms with Crippen molar-refractivity contribution in [3.05, 3.63) is 53.3 Å². The lowest BCUT2D eigenvalue weighted by molar-refractivity contribution is -0.137. The third kappa shape index (κ3) is 3.05. The van der Waals surface area contributed by atoms with Crippen molar-refractivity contribution in [1.29, 1.82) is 0 Å². The molecule has 0 saturated heterocycles. The van der Waals surface area contributed by atoms with Crippen molar-refractivity contribution in [2.24, 2.45) is 11.8 Å². The first-order valence-electron chi connectivity index (χ1n) is 9.83. The zero-order chi connectivity index (χ0) is 19.3. The molecule has 1 fully saturated rings. The number of aryl methyl sites for hydroxylation is 1. The number of aromatic amines is 1. The van der Waals surface area contributed by atoms with Crippen LogP contribution in [0, 0.1) is 11.8 Å². The quantitative estimate of drug-likeness (QED) is 0.577. The van der Waals surface area contributed by atoms with Gasteiger partial charge in [-0.15, -0.1) is 0 Å². The van der Waals surface area contributed by atoms with Gasteiger partial charge in [0.15, 0.2) is 11.6 Å². The normalized spacial score (nSPS) is 20.0. The van der Waals surface area contributed by atoms with Crippen LogP contribution in [0.4, 0.5) is 13.2 Å². The number of furan rings is 1. The Morgan fingerprint density at radius 1 is 0.964 bits per heavy atom. The largest absolute Gasteiger partial charge is 0.453 e. The first-order valence-corrected chi connectivity index (χ1v) is 9.83. The molecule has 2 aromatic heterocycles. The predicted molar refractivity (Wildman–Crippen MR) is 99.6 cm³/mol. The molecule has 5 rings (SSSR count). The van der Waals surface area contributed by atoms with Crippen molar-refractivity contribution in [1.82, 2.24) is 9.97 Å². The van der Waals surface area contributed by atoms with Crippen molar-refractivity contribution in [2.75, 3.05) is 0 Å². The van der Waals surface area contributed by atoms with E-state index in [1.807, 2.05) is 0 Å². The highest BCUT2D eigenvalue weighted by atomic mass is 19.4. The summed E-state index contributed by atoms with van der Waals surface area (Å²) in [5, 5.41) is 0. The number of hydrogen-bond donors (Lipinski definition) is 1. The van der Waals surface area contributed by atoms with E-state index in [-0.39, 0.29) is 11.3 Å². The second kappa shape index (κ2) is 6.54. The summed E-state index contributed by atoms with van der Waals surface area (Å²) in [5.41, 5.74) is 1.58. The Kier molecular flexibility index (Phi) is 4.11. The third-order valence-corrected chi connectivity index (χ3v) is 6.24. The minimum absolute atomic E-state index is 0.0441. The number of nitrogens with zero attached hydrogens (tertiary/aromatic N) is 1. The summed E-state index contributed by atoms with van der Waals surface area (Å²) >= 11 is 0. The molecule has 3 nitrogen and oxygen atoms in total. The summed E-state index contributed by atoms with van der Waals surface area (Å²) in [6.07, 6.45) is 2.72. The zero-order valence-corrected chi connectivity index (χ0v) is 15.4. The number of halogens is 3. The van der Waals surface area contributed by atoms with Crippen LogP contribution >= 0.6 is 0 Å². The van der Waals surface area contributed by atoms with Gasteiger partial charge in [0.05, 0.1) is 11.3 Å². The van der Waals surface area contributed by atoms with Gasteiger partial charge in [-0.3, -0.25) is 0 Å². The van der Waals surface area contributed by atoms with Gasteiger partial charge in [0.1, 0.15) is 5.76 Å². The van der Waals surface area contributed by atoms with Gasteiger partial charge in [-0.05, 0) is 49.3 Å². The topological polar surface area (TPSA) is 41.8 Å². The number of benzene rings is 1. The Morgan fingerprint density at radius 2 is 1.75 bits per heavy atom. The molecule has 1 atom stereocenters. The van der Waals surface area contributed by atoms with Gasteiger partial charge in [0, 0.05) is 11.3 Å². The van der Waals surface area contributed by atoms with Crippen molar-refractivity contribution < 1.29 is 17.6 Å². The molecule has 3 aromatic rings. The van der Waals surface area contributed by atoms with Crippen molar-refractivity contribution in [3.63, 3.8) is 0 Å². The smallest absolute Gasteiger partial charge is 0.417 e. The molecule has 1 unspecified atom stereocenters. The fourth-order valence-corrected chi connectivity index (χ4v) is 4.49. The monoisotopic (exact) mass is 386 g/mol. The van der Waals surface area contributed by atoms with Crippen LogP contribution in [-0.4, -0.2) is 9.97 Å². The zero-order valence-electron chi connectivity index (χ0n) is 15.4. The SMILES string of the molecule is FC(F)(F)c1ccccc1-c1ccc(-c2nc3c([nH]2)CC(C2CCC2)CC3)o1. The lowest BCUT2D eigenvalue weighted by atomic mass is 9.70. The molecule has 2 aliphatic carbocycles. The van der Waals surface area contributed by atoms with Gasteiger partial charge >= 0.3 is 6.18 Å². The molecule has 6 heteroatoms. The molecule has 0 bridgehead atoms. The fraction of sp³-hybridized carbons (Fsp3) is 0.409. The van der Waals surface area contributed by atoms with E-state index in [0.717, 1.165) is 42.1 Å². The van der Waals surface area contributed by atoms with Crippen LogP contribution in [0.5, 0.6) is 0 Å². The van der Waals surface area contributed by atoms with E-state index >= 15 is 0 Å². The molecule has 0 spiro atoms. The second-order valence-corrected chi connectivity index (χ2v) is 7.91. The van der Waals surface area contributed by atoms with Gasteiger partial charge in [0.2, 0.25) is 0 Å². The average Bonchev–Trinajstić information content (AvgIpc) is 3.26. The molecule has 28 heavy (non-hydrogen) atoms. The summed E-state index contributed by atoms with van der Waals surface area (Å²) in [7, 11) is 0. The van der Waals surface area contributed by atoms with Crippen molar-refractivity contribution in [3.8, 4) is 22.9 Å². The molecule has 0 amide bonds. The Bertz CT molecular complexity index is 997. The summed E-state index contributed by atoms with van der Waals surface area (Å²) in [6, 6.07) is 8.74. The van der Waals surface area contributed by atoms with Crippen LogP contribution in [0.1, 0.15) is 42.6 Å². The number of hydrogen-bond acceptors (Lipinski definition) is 2. The first-order chi connectivity index (χ1) is 13.5. The summed E-state index contributed by atoms with van der Waals surface area (Å²) < 4.78 is 45.7. The van der Waals surface area contributed by atoms with E-state index < -0.39 is 11.7 Å². The van der Waals surface area contributed by atoms with Crippen LogP contribution in [-0.2, 0) is 19.0 Å². The Balaban J connectivity index is 1.43. The molecular weight excluding hydrogens is 365 g/mol. The molecule has 1 aromatic carbocycles. The molecule has 2 heterocycles. The highest BCUT2D eigenvalue weighted by molar-refractivity contribution is 5.66. The van der Waals surface area contributed by atoms with E-state index in [2.05, 4.69) is 9.97 Å². The molecule has 1 N–H and O–H groups in total. The summed E-state index contributed by atoms with van der Waals surface area (Å²) in [4.78, 5) is 8.03. The summed E-state index contributed by atoms with van der Waals surface area (Å²) in [5.74, 6) is 2.84. The number of imidazole rings is 1. The predicted octanol–water partition coefficient (Wildman–Crippen LogP) is 6.26.